The normalized spacial score (nSPS) is 23.4. The molecule has 2 aliphatic rings. The molecule has 40 heavy (non-hydrogen) atoms. The number of aliphatic imine (C=N–C) groups is 2. The van der Waals surface area contributed by atoms with Gasteiger partial charge >= 0.3 is 0 Å². The number of benzene rings is 2. The first-order valence-electron chi connectivity index (χ1n) is 13.9. The fourth-order valence-corrected chi connectivity index (χ4v) is 5.58. The first-order valence-corrected chi connectivity index (χ1v) is 13.9. The average molecular weight is 541 g/mol. The molecule has 0 bridgehead atoms. The van der Waals surface area contributed by atoms with Gasteiger partial charge in [0.1, 0.15) is 11.5 Å². The van der Waals surface area contributed by atoms with E-state index in [0.717, 1.165) is 22.5 Å². The Bertz CT molecular complexity index is 1360. The number of carbonyl (C=O) groups is 2. The van der Waals surface area contributed by atoms with Crippen LogP contribution in [-0.2, 0) is 9.59 Å². The maximum atomic E-state index is 13.2. The third kappa shape index (κ3) is 6.67. The molecule has 2 saturated carbocycles. The lowest BCUT2D eigenvalue weighted by atomic mass is 9.72. The largest absolute Gasteiger partial charge is 0.511 e. The van der Waals surface area contributed by atoms with Crippen LogP contribution in [0.4, 0.5) is 11.4 Å². The van der Waals surface area contributed by atoms with E-state index in [1.54, 1.807) is 0 Å². The van der Waals surface area contributed by atoms with Crippen molar-refractivity contribution in [3.05, 3.63) is 82.3 Å². The van der Waals surface area contributed by atoms with E-state index < -0.39 is 0 Å². The van der Waals surface area contributed by atoms with E-state index in [9.17, 15) is 19.8 Å². The Kier molecular flexibility index (Phi) is 8.29. The van der Waals surface area contributed by atoms with Crippen LogP contribution in [0.25, 0.3) is 0 Å². The van der Waals surface area contributed by atoms with Crippen LogP contribution >= 0.6 is 0 Å². The molecule has 2 aromatic rings. The molecular formula is C34H40N2O4. The summed E-state index contributed by atoms with van der Waals surface area (Å²) in [6.07, 6.45) is 1.71. The maximum Gasteiger partial charge on any atom is 0.168 e. The minimum absolute atomic E-state index is 0.0118. The zero-order valence-corrected chi connectivity index (χ0v) is 24.5. The number of aliphatic hydroxyl groups is 2. The second-order valence-electron chi connectivity index (χ2n) is 12.7. The number of nitrogens with zero attached hydrogens (tertiary/aromatic N) is 2. The van der Waals surface area contributed by atoms with Gasteiger partial charge in [-0.1, -0.05) is 64.1 Å². The van der Waals surface area contributed by atoms with Crippen molar-refractivity contribution in [2.75, 3.05) is 0 Å². The SMILES string of the molecule is Cc1ccccc1N=C1CC(C)(C)CC(=O)C1=C(O)CCC(O)=C1C(=O)CC(C)(C)CC1=Nc1ccccc1C. The van der Waals surface area contributed by atoms with Gasteiger partial charge in [0.25, 0.3) is 0 Å². The summed E-state index contributed by atoms with van der Waals surface area (Å²) in [5.41, 5.74) is 4.46. The van der Waals surface area contributed by atoms with Crippen LogP contribution in [0.5, 0.6) is 0 Å². The second kappa shape index (κ2) is 11.4. The summed E-state index contributed by atoms with van der Waals surface area (Å²) in [6.45, 7) is 12.0. The van der Waals surface area contributed by atoms with Crippen molar-refractivity contribution in [2.24, 2.45) is 20.8 Å². The Morgan fingerprint density at radius 2 is 1.00 bits per heavy atom. The van der Waals surface area contributed by atoms with Gasteiger partial charge < -0.3 is 10.2 Å². The molecule has 0 heterocycles. The zero-order valence-electron chi connectivity index (χ0n) is 24.5. The summed E-state index contributed by atoms with van der Waals surface area (Å²) in [5.74, 6) is -0.544. The molecule has 0 aliphatic heterocycles. The molecule has 210 valence electrons. The predicted octanol–water partition coefficient (Wildman–Crippen LogP) is 8.33. The van der Waals surface area contributed by atoms with E-state index >= 15 is 0 Å². The zero-order chi connectivity index (χ0) is 29.2. The molecule has 0 amide bonds. The number of rotatable bonds is 5. The smallest absolute Gasteiger partial charge is 0.168 e. The molecule has 2 N–H and O–H groups in total. The van der Waals surface area contributed by atoms with E-state index in [1.165, 1.54) is 0 Å². The predicted molar refractivity (Wildman–Crippen MR) is 161 cm³/mol. The Morgan fingerprint density at radius 1 is 0.650 bits per heavy atom. The first-order chi connectivity index (χ1) is 18.8. The van der Waals surface area contributed by atoms with Crippen LogP contribution in [0.15, 0.2) is 81.2 Å². The Hall–Kier alpha value is -3.80. The standard InChI is InChI=1S/C34H40N2O4/c1-21-11-7-9-13-23(21)35-25-17-33(3,4)19-29(39)31(25)27(37)15-16-28(38)32-26(18-34(5,6)20-30(32)40)36-24-14-10-8-12-22(24)2/h7-14,37-38H,15-20H2,1-6H3. The number of carbonyl (C=O) groups excluding carboxylic acids is 2. The number of aryl methyl sites for hydroxylation is 2. The summed E-state index contributed by atoms with van der Waals surface area (Å²) in [4.78, 5) is 36.1. The van der Waals surface area contributed by atoms with Crippen molar-refractivity contribution in [3.8, 4) is 0 Å². The van der Waals surface area contributed by atoms with Crippen molar-refractivity contribution < 1.29 is 19.8 Å². The highest BCUT2D eigenvalue weighted by Gasteiger charge is 2.38. The van der Waals surface area contributed by atoms with Gasteiger partial charge in [0.2, 0.25) is 0 Å². The number of allylic oxidation sites excluding steroid dienone is 4. The molecule has 0 aromatic heterocycles. The van der Waals surface area contributed by atoms with E-state index in [-0.39, 0.29) is 57.9 Å². The Morgan fingerprint density at radius 3 is 1.35 bits per heavy atom. The Labute approximate surface area is 237 Å². The van der Waals surface area contributed by atoms with Crippen LogP contribution in [-0.4, -0.2) is 33.2 Å². The number of ketones is 2. The van der Waals surface area contributed by atoms with Gasteiger partial charge in [0.05, 0.1) is 33.9 Å². The molecule has 6 heteroatoms. The minimum atomic E-state index is -0.283. The van der Waals surface area contributed by atoms with Gasteiger partial charge in [-0.25, -0.2) is 0 Å². The number of hydrogen-bond donors (Lipinski definition) is 2. The van der Waals surface area contributed by atoms with Crippen LogP contribution in [0.3, 0.4) is 0 Å². The van der Waals surface area contributed by atoms with Crippen molar-refractivity contribution in [1.29, 1.82) is 0 Å². The lowest BCUT2D eigenvalue weighted by Crippen LogP contribution is -2.33. The number of para-hydroxylation sites is 2. The minimum Gasteiger partial charge on any atom is -0.511 e. The van der Waals surface area contributed by atoms with Gasteiger partial charge in [0, 0.05) is 25.7 Å². The van der Waals surface area contributed by atoms with Crippen LogP contribution in [0, 0.1) is 24.7 Å². The maximum absolute atomic E-state index is 13.2. The fourth-order valence-electron chi connectivity index (χ4n) is 5.58. The summed E-state index contributed by atoms with van der Waals surface area (Å²) < 4.78 is 0. The van der Waals surface area contributed by atoms with Crippen LogP contribution in [0.1, 0.15) is 77.3 Å². The molecule has 4 rings (SSSR count). The molecule has 2 fully saturated rings. The van der Waals surface area contributed by atoms with E-state index in [1.807, 2.05) is 90.1 Å². The first kappa shape index (κ1) is 29.2. The van der Waals surface area contributed by atoms with Crippen LogP contribution < -0.4 is 0 Å². The number of Topliss-reactive ketones (excluding diaryl/α,β-unsaturated/α-hetero) is 2. The van der Waals surface area contributed by atoms with Crippen LogP contribution in [0.2, 0.25) is 0 Å². The van der Waals surface area contributed by atoms with E-state index in [4.69, 9.17) is 9.98 Å². The molecule has 0 atom stereocenters. The Balaban J connectivity index is 1.70. The highest BCUT2D eigenvalue weighted by Crippen LogP contribution is 2.39. The summed E-state index contributed by atoms with van der Waals surface area (Å²) >= 11 is 0. The molecule has 2 aliphatic carbocycles. The average Bonchev–Trinajstić information content (AvgIpc) is 2.83. The van der Waals surface area contributed by atoms with Gasteiger partial charge in [-0.2, -0.15) is 0 Å². The van der Waals surface area contributed by atoms with Crippen molar-refractivity contribution in [2.45, 2.75) is 80.1 Å². The van der Waals surface area contributed by atoms with Crippen molar-refractivity contribution in [3.63, 3.8) is 0 Å². The third-order valence-corrected chi connectivity index (χ3v) is 7.62. The van der Waals surface area contributed by atoms with Gasteiger partial charge in [-0.15, -0.1) is 0 Å². The molecule has 2 aromatic carbocycles. The van der Waals surface area contributed by atoms with Gasteiger partial charge in [0.15, 0.2) is 11.6 Å². The fraction of sp³-hybridized carbons (Fsp3) is 0.412. The van der Waals surface area contributed by atoms with Gasteiger partial charge in [-0.3, -0.25) is 19.6 Å². The van der Waals surface area contributed by atoms with E-state index in [2.05, 4.69) is 0 Å². The molecule has 6 nitrogen and oxygen atoms in total. The number of hydrogen-bond acceptors (Lipinski definition) is 6. The van der Waals surface area contributed by atoms with Crippen molar-refractivity contribution >= 4 is 34.4 Å². The highest BCUT2D eigenvalue weighted by molar-refractivity contribution is 6.26. The molecule has 0 unspecified atom stereocenters. The lowest BCUT2D eigenvalue weighted by Gasteiger charge is -2.32. The number of aliphatic hydroxyl groups excluding tert-OH is 2. The summed E-state index contributed by atoms with van der Waals surface area (Å²) in [7, 11) is 0. The molecule has 0 saturated heterocycles. The summed E-state index contributed by atoms with van der Waals surface area (Å²) in [6, 6.07) is 15.4. The monoisotopic (exact) mass is 540 g/mol. The van der Waals surface area contributed by atoms with E-state index in [0.29, 0.717) is 37.1 Å². The highest BCUT2D eigenvalue weighted by atomic mass is 16.3. The molecular weight excluding hydrogens is 500 g/mol. The second-order valence-corrected chi connectivity index (χ2v) is 12.7. The summed E-state index contributed by atoms with van der Waals surface area (Å²) in [5, 5.41) is 22.4. The molecule has 0 radical (unpaired) electrons. The van der Waals surface area contributed by atoms with Gasteiger partial charge in [-0.05, 0) is 60.8 Å². The van der Waals surface area contributed by atoms with Crippen molar-refractivity contribution in [1.82, 2.24) is 0 Å². The quantitative estimate of drug-likeness (QED) is 0.294. The topological polar surface area (TPSA) is 99.3 Å². The third-order valence-electron chi connectivity index (χ3n) is 7.62. The molecule has 0 spiro atoms. The lowest BCUT2D eigenvalue weighted by molar-refractivity contribution is -0.118.